The Hall–Kier alpha value is -2.41. The number of likely N-dealkylation sites (tertiary alicyclic amines) is 1. The third-order valence-corrected chi connectivity index (χ3v) is 5.26. The van der Waals surface area contributed by atoms with E-state index in [1.165, 1.54) is 6.42 Å². The highest BCUT2D eigenvalue weighted by atomic mass is 32.1. The van der Waals surface area contributed by atoms with E-state index < -0.39 is 0 Å². The fraction of sp³-hybridized carbons (Fsp3) is 0.353. The number of carbonyl (C=O) groups is 1. The van der Waals surface area contributed by atoms with Crippen LogP contribution in [0.5, 0.6) is 0 Å². The molecule has 0 aromatic carbocycles. The van der Waals surface area contributed by atoms with Crippen LogP contribution in [-0.4, -0.2) is 38.5 Å². The fourth-order valence-corrected chi connectivity index (χ4v) is 3.85. The van der Waals surface area contributed by atoms with E-state index in [4.69, 9.17) is 5.73 Å². The van der Waals surface area contributed by atoms with Crippen molar-refractivity contribution >= 4 is 28.6 Å². The SMILES string of the molecule is CC1CCCN(C(=O)c2cc(N)c3nc(-c4cccs4)nn3c2)C1. The lowest BCUT2D eigenvalue weighted by Gasteiger charge is -2.31. The molecule has 1 aliphatic rings. The van der Waals surface area contributed by atoms with Gasteiger partial charge in [0.2, 0.25) is 0 Å². The number of hydrogen-bond donors (Lipinski definition) is 1. The zero-order valence-electron chi connectivity index (χ0n) is 13.5. The molecule has 3 aromatic heterocycles. The van der Waals surface area contributed by atoms with Crippen LogP contribution in [0.3, 0.4) is 0 Å². The number of thiophene rings is 1. The van der Waals surface area contributed by atoms with Gasteiger partial charge in [0.05, 0.1) is 16.1 Å². The number of nitrogens with zero attached hydrogens (tertiary/aromatic N) is 4. The van der Waals surface area contributed by atoms with Crippen molar-refractivity contribution in [1.82, 2.24) is 19.5 Å². The lowest BCUT2D eigenvalue weighted by Crippen LogP contribution is -2.39. The summed E-state index contributed by atoms with van der Waals surface area (Å²) in [5.41, 5.74) is 7.75. The fourth-order valence-electron chi connectivity index (χ4n) is 3.19. The van der Waals surface area contributed by atoms with Crippen LogP contribution < -0.4 is 5.73 Å². The number of nitrogen functional groups attached to an aromatic ring is 1. The van der Waals surface area contributed by atoms with Gasteiger partial charge in [-0.1, -0.05) is 13.0 Å². The molecule has 0 saturated carbocycles. The summed E-state index contributed by atoms with van der Waals surface area (Å²) >= 11 is 1.58. The van der Waals surface area contributed by atoms with Crippen LogP contribution in [-0.2, 0) is 0 Å². The first-order valence-corrected chi connectivity index (χ1v) is 8.99. The maximum atomic E-state index is 12.8. The minimum absolute atomic E-state index is 0.0170. The van der Waals surface area contributed by atoms with E-state index in [-0.39, 0.29) is 5.91 Å². The van der Waals surface area contributed by atoms with Gasteiger partial charge in [-0.2, -0.15) is 0 Å². The van der Waals surface area contributed by atoms with E-state index in [2.05, 4.69) is 17.0 Å². The van der Waals surface area contributed by atoms with Crippen molar-refractivity contribution in [3.05, 3.63) is 35.3 Å². The summed E-state index contributed by atoms with van der Waals surface area (Å²) in [7, 11) is 0. The van der Waals surface area contributed by atoms with E-state index in [0.29, 0.717) is 28.6 Å². The molecule has 1 saturated heterocycles. The van der Waals surface area contributed by atoms with Gasteiger partial charge in [-0.15, -0.1) is 16.4 Å². The molecular formula is C17H19N5OS. The van der Waals surface area contributed by atoms with Crippen molar-refractivity contribution in [3.63, 3.8) is 0 Å². The minimum atomic E-state index is 0.0170. The van der Waals surface area contributed by atoms with E-state index in [1.54, 1.807) is 28.1 Å². The molecule has 1 atom stereocenters. The predicted octanol–water partition coefficient (Wildman–Crippen LogP) is 2.91. The van der Waals surface area contributed by atoms with Crippen LogP contribution in [0.25, 0.3) is 16.3 Å². The molecule has 1 unspecified atom stereocenters. The highest BCUT2D eigenvalue weighted by Crippen LogP contribution is 2.25. The zero-order valence-corrected chi connectivity index (χ0v) is 14.3. The lowest BCUT2D eigenvalue weighted by atomic mass is 10.00. The first-order valence-electron chi connectivity index (χ1n) is 8.11. The number of aromatic nitrogens is 3. The Morgan fingerprint density at radius 1 is 1.46 bits per heavy atom. The molecule has 2 N–H and O–H groups in total. The first kappa shape index (κ1) is 15.1. The van der Waals surface area contributed by atoms with Crippen molar-refractivity contribution in [2.24, 2.45) is 5.92 Å². The highest BCUT2D eigenvalue weighted by molar-refractivity contribution is 7.13. The highest BCUT2D eigenvalue weighted by Gasteiger charge is 2.23. The average molecular weight is 341 g/mol. The Morgan fingerprint density at radius 2 is 2.33 bits per heavy atom. The quantitative estimate of drug-likeness (QED) is 0.777. The summed E-state index contributed by atoms with van der Waals surface area (Å²) in [6, 6.07) is 5.64. The first-order chi connectivity index (χ1) is 11.6. The number of amides is 1. The molecule has 124 valence electrons. The molecule has 7 heteroatoms. The van der Waals surface area contributed by atoms with Crippen LogP contribution in [0, 0.1) is 5.92 Å². The molecule has 0 aliphatic carbocycles. The normalized spacial score (nSPS) is 18.2. The summed E-state index contributed by atoms with van der Waals surface area (Å²) in [6.07, 6.45) is 3.96. The van der Waals surface area contributed by atoms with Gasteiger partial charge in [0, 0.05) is 19.3 Å². The Balaban J connectivity index is 1.70. The Bertz CT molecular complexity index is 886. The van der Waals surface area contributed by atoms with Gasteiger partial charge in [0.1, 0.15) is 0 Å². The predicted molar refractivity (Wildman–Crippen MR) is 95.0 cm³/mol. The second-order valence-electron chi connectivity index (χ2n) is 6.36. The van der Waals surface area contributed by atoms with Crippen LogP contribution in [0.15, 0.2) is 29.8 Å². The number of piperidine rings is 1. The summed E-state index contributed by atoms with van der Waals surface area (Å²) < 4.78 is 1.62. The smallest absolute Gasteiger partial charge is 0.255 e. The van der Waals surface area contributed by atoms with Crippen molar-refractivity contribution < 1.29 is 4.79 Å². The van der Waals surface area contributed by atoms with E-state index >= 15 is 0 Å². The number of carbonyl (C=O) groups excluding carboxylic acids is 1. The minimum Gasteiger partial charge on any atom is -0.396 e. The third-order valence-electron chi connectivity index (χ3n) is 4.39. The topological polar surface area (TPSA) is 76.5 Å². The number of hydrogen-bond acceptors (Lipinski definition) is 5. The number of pyridine rings is 1. The average Bonchev–Trinajstić information content (AvgIpc) is 3.23. The van der Waals surface area contributed by atoms with Gasteiger partial charge >= 0.3 is 0 Å². The number of anilines is 1. The largest absolute Gasteiger partial charge is 0.396 e. The standard InChI is InChI=1S/C17H19N5OS/c1-11-4-2-6-21(9-11)17(23)12-8-13(18)16-19-15(20-22(16)10-12)14-5-3-7-24-14/h3,5,7-8,10-11H,2,4,6,9,18H2,1H3. The monoisotopic (exact) mass is 341 g/mol. The zero-order chi connectivity index (χ0) is 16.7. The maximum Gasteiger partial charge on any atom is 0.255 e. The molecule has 4 heterocycles. The summed E-state index contributed by atoms with van der Waals surface area (Å²) in [4.78, 5) is 20.2. The van der Waals surface area contributed by atoms with E-state index in [1.807, 2.05) is 22.4 Å². The molecule has 6 nitrogen and oxygen atoms in total. The van der Waals surface area contributed by atoms with Gasteiger partial charge in [-0.25, -0.2) is 9.50 Å². The second kappa shape index (κ2) is 5.90. The summed E-state index contributed by atoms with van der Waals surface area (Å²) in [5, 5.41) is 6.47. The maximum absolute atomic E-state index is 12.8. The molecule has 1 aliphatic heterocycles. The number of rotatable bonds is 2. The van der Waals surface area contributed by atoms with Crippen LogP contribution in [0.2, 0.25) is 0 Å². The summed E-state index contributed by atoms with van der Waals surface area (Å²) in [5.74, 6) is 1.19. The van der Waals surface area contributed by atoms with Gasteiger partial charge in [-0.3, -0.25) is 4.79 Å². The Morgan fingerprint density at radius 3 is 3.08 bits per heavy atom. The van der Waals surface area contributed by atoms with Crippen molar-refractivity contribution in [3.8, 4) is 10.7 Å². The summed E-state index contributed by atoms with van der Waals surface area (Å²) in [6.45, 7) is 3.79. The Labute approximate surface area is 143 Å². The van der Waals surface area contributed by atoms with Crippen molar-refractivity contribution in [2.45, 2.75) is 19.8 Å². The Kier molecular flexibility index (Phi) is 3.72. The number of fused-ring (bicyclic) bond motifs is 1. The van der Waals surface area contributed by atoms with Crippen LogP contribution in [0.4, 0.5) is 5.69 Å². The van der Waals surface area contributed by atoms with Crippen molar-refractivity contribution in [1.29, 1.82) is 0 Å². The van der Waals surface area contributed by atoms with Gasteiger partial charge in [0.25, 0.3) is 5.91 Å². The molecule has 3 aromatic rings. The molecule has 1 amide bonds. The van der Waals surface area contributed by atoms with E-state index in [9.17, 15) is 4.79 Å². The van der Waals surface area contributed by atoms with Gasteiger partial charge in [-0.05, 0) is 36.3 Å². The van der Waals surface area contributed by atoms with Crippen molar-refractivity contribution in [2.75, 3.05) is 18.8 Å². The molecule has 1 fully saturated rings. The van der Waals surface area contributed by atoms with Crippen LogP contribution in [0.1, 0.15) is 30.1 Å². The number of nitrogens with two attached hydrogens (primary N) is 1. The molecule has 0 spiro atoms. The van der Waals surface area contributed by atoms with E-state index in [0.717, 1.165) is 24.4 Å². The molecule has 4 rings (SSSR count). The second-order valence-corrected chi connectivity index (χ2v) is 7.31. The molecular weight excluding hydrogens is 322 g/mol. The van der Waals surface area contributed by atoms with Gasteiger partial charge in [0.15, 0.2) is 11.5 Å². The molecule has 0 bridgehead atoms. The third kappa shape index (κ3) is 2.65. The van der Waals surface area contributed by atoms with Crippen LogP contribution >= 0.6 is 11.3 Å². The lowest BCUT2D eigenvalue weighted by molar-refractivity contribution is 0.0682. The molecule has 24 heavy (non-hydrogen) atoms. The van der Waals surface area contributed by atoms with Gasteiger partial charge < -0.3 is 10.6 Å². The molecule has 0 radical (unpaired) electrons.